The summed E-state index contributed by atoms with van der Waals surface area (Å²) < 4.78 is 5.36. The van der Waals surface area contributed by atoms with Crippen LogP contribution in [0.5, 0.6) is 5.75 Å². The standard InChI is InChI=1S/C15H23NO3/c1-9(2)15(5,14(17)18)7-12-11(4)13(19-6)10(3)8-16-12/h8-9H,7H2,1-6H3,(H,17,18). The number of aliphatic carboxylic acids is 1. The Balaban J connectivity index is 3.22. The van der Waals surface area contributed by atoms with Crippen LogP contribution in [0.2, 0.25) is 0 Å². The highest BCUT2D eigenvalue weighted by molar-refractivity contribution is 5.75. The van der Waals surface area contributed by atoms with Gasteiger partial charge in [0.2, 0.25) is 0 Å². The second-order valence-corrected chi connectivity index (χ2v) is 5.60. The van der Waals surface area contributed by atoms with Crippen LogP contribution in [0, 0.1) is 25.2 Å². The van der Waals surface area contributed by atoms with Gasteiger partial charge in [-0.1, -0.05) is 13.8 Å². The van der Waals surface area contributed by atoms with Gasteiger partial charge in [-0.2, -0.15) is 0 Å². The monoisotopic (exact) mass is 265 g/mol. The first-order valence-electron chi connectivity index (χ1n) is 6.46. The third-order valence-electron chi connectivity index (χ3n) is 4.05. The van der Waals surface area contributed by atoms with Gasteiger partial charge in [0.15, 0.2) is 0 Å². The highest BCUT2D eigenvalue weighted by Gasteiger charge is 2.37. The van der Waals surface area contributed by atoms with Gasteiger partial charge in [0, 0.05) is 29.4 Å². The first-order chi connectivity index (χ1) is 8.74. The van der Waals surface area contributed by atoms with Gasteiger partial charge in [-0.15, -0.1) is 0 Å². The van der Waals surface area contributed by atoms with Crippen LogP contribution in [0.3, 0.4) is 0 Å². The Morgan fingerprint density at radius 1 is 1.47 bits per heavy atom. The molecule has 1 aromatic heterocycles. The van der Waals surface area contributed by atoms with Crippen LogP contribution < -0.4 is 4.74 Å². The van der Waals surface area contributed by atoms with Crippen molar-refractivity contribution in [3.05, 3.63) is 23.0 Å². The molecular formula is C15H23NO3. The summed E-state index contributed by atoms with van der Waals surface area (Å²) >= 11 is 0. The molecule has 1 rings (SSSR count). The van der Waals surface area contributed by atoms with E-state index in [-0.39, 0.29) is 5.92 Å². The first-order valence-corrected chi connectivity index (χ1v) is 6.46. The molecule has 0 fully saturated rings. The molecule has 0 amide bonds. The number of ether oxygens (including phenoxy) is 1. The molecule has 106 valence electrons. The molecule has 0 saturated carbocycles. The number of nitrogens with zero attached hydrogens (tertiary/aromatic N) is 1. The van der Waals surface area contributed by atoms with Crippen LogP contribution in [-0.4, -0.2) is 23.2 Å². The molecule has 4 heteroatoms. The maximum atomic E-state index is 11.5. The van der Waals surface area contributed by atoms with Gasteiger partial charge in [-0.25, -0.2) is 0 Å². The number of carboxylic acid groups (broad SMARTS) is 1. The van der Waals surface area contributed by atoms with Crippen LogP contribution in [0.15, 0.2) is 6.20 Å². The largest absolute Gasteiger partial charge is 0.496 e. The lowest BCUT2D eigenvalue weighted by molar-refractivity contribution is -0.150. The van der Waals surface area contributed by atoms with E-state index in [1.807, 2.05) is 27.7 Å². The fraction of sp³-hybridized carbons (Fsp3) is 0.600. The summed E-state index contributed by atoms with van der Waals surface area (Å²) in [5, 5.41) is 9.48. The third-order valence-corrected chi connectivity index (χ3v) is 4.05. The van der Waals surface area contributed by atoms with Crippen LogP contribution in [0.4, 0.5) is 0 Å². The maximum absolute atomic E-state index is 11.5. The Bertz CT molecular complexity index is 483. The summed E-state index contributed by atoms with van der Waals surface area (Å²) in [5.74, 6) is 0.0308. The Morgan fingerprint density at radius 2 is 2.05 bits per heavy atom. The average Bonchev–Trinajstić information content (AvgIpc) is 2.32. The minimum Gasteiger partial charge on any atom is -0.496 e. The number of aromatic nitrogens is 1. The number of hydrogen-bond acceptors (Lipinski definition) is 3. The molecule has 0 aromatic carbocycles. The predicted molar refractivity (Wildman–Crippen MR) is 74.5 cm³/mol. The number of aryl methyl sites for hydroxylation is 1. The summed E-state index contributed by atoms with van der Waals surface area (Å²) in [7, 11) is 1.62. The molecule has 0 saturated heterocycles. The zero-order chi connectivity index (χ0) is 14.8. The van der Waals surface area contributed by atoms with Crippen LogP contribution in [-0.2, 0) is 11.2 Å². The van der Waals surface area contributed by atoms with Crippen molar-refractivity contribution >= 4 is 5.97 Å². The summed E-state index contributed by atoms with van der Waals surface area (Å²) in [6, 6.07) is 0. The molecule has 0 aliphatic carbocycles. The number of carboxylic acids is 1. The highest BCUT2D eigenvalue weighted by Crippen LogP contribution is 2.34. The van der Waals surface area contributed by atoms with E-state index in [0.717, 1.165) is 22.6 Å². The van der Waals surface area contributed by atoms with Crippen molar-refractivity contribution in [3.63, 3.8) is 0 Å². The van der Waals surface area contributed by atoms with Gasteiger partial charge in [0.1, 0.15) is 5.75 Å². The Labute approximate surface area is 114 Å². The molecule has 19 heavy (non-hydrogen) atoms. The fourth-order valence-electron chi connectivity index (χ4n) is 2.12. The van der Waals surface area contributed by atoms with E-state index in [4.69, 9.17) is 4.74 Å². The summed E-state index contributed by atoms with van der Waals surface area (Å²) in [6.45, 7) is 9.48. The highest BCUT2D eigenvalue weighted by atomic mass is 16.5. The van der Waals surface area contributed by atoms with Gasteiger partial charge in [0.05, 0.1) is 12.5 Å². The van der Waals surface area contributed by atoms with Gasteiger partial charge in [0.25, 0.3) is 0 Å². The summed E-state index contributed by atoms with van der Waals surface area (Å²) in [4.78, 5) is 15.9. The molecule has 0 aliphatic rings. The smallest absolute Gasteiger partial charge is 0.310 e. The van der Waals surface area contributed by atoms with Crippen molar-refractivity contribution in [2.45, 2.75) is 41.0 Å². The van der Waals surface area contributed by atoms with Crippen molar-refractivity contribution < 1.29 is 14.6 Å². The quantitative estimate of drug-likeness (QED) is 0.889. The van der Waals surface area contributed by atoms with E-state index in [9.17, 15) is 9.90 Å². The zero-order valence-electron chi connectivity index (χ0n) is 12.6. The van der Waals surface area contributed by atoms with E-state index in [1.165, 1.54) is 0 Å². The molecule has 1 unspecified atom stereocenters. The maximum Gasteiger partial charge on any atom is 0.310 e. The zero-order valence-corrected chi connectivity index (χ0v) is 12.6. The number of pyridine rings is 1. The minimum atomic E-state index is -0.821. The normalized spacial score (nSPS) is 14.3. The van der Waals surface area contributed by atoms with E-state index in [0.29, 0.717) is 6.42 Å². The summed E-state index contributed by atoms with van der Waals surface area (Å²) in [6.07, 6.45) is 2.15. The Hall–Kier alpha value is -1.58. The number of methoxy groups -OCH3 is 1. The summed E-state index contributed by atoms with van der Waals surface area (Å²) in [5.41, 5.74) is 1.86. The van der Waals surface area contributed by atoms with E-state index < -0.39 is 11.4 Å². The van der Waals surface area contributed by atoms with E-state index in [1.54, 1.807) is 20.2 Å². The van der Waals surface area contributed by atoms with Crippen molar-refractivity contribution in [1.29, 1.82) is 0 Å². The Morgan fingerprint density at radius 3 is 2.47 bits per heavy atom. The predicted octanol–water partition coefficient (Wildman–Crippen LogP) is 3.00. The second-order valence-electron chi connectivity index (χ2n) is 5.60. The third kappa shape index (κ3) is 2.88. The molecule has 0 bridgehead atoms. The topological polar surface area (TPSA) is 59.4 Å². The molecule has 4 nitrogen and oxygen atoms in total. The lowest BCUT2D eigenvalue weighted by Gasteiger charge is -2.29. The van der Waals surface area contributed by atoms with Gasteiger partial charge < -0.3 is 9.84 Å². The van der Waals surface area contributed by atoms with Gasteiger partial charge in [-0.05, 0) is 26.7 Å². The average molecular weight is 265 g/mol. The minimum absolute atomic E-state index is 0.0264. The number of carbonyl (C=O) groups is 1. The van der Waals surface area contributed by atoms with Crippen LogP contribution in [0.1, 0.15) is 37.6 Å². The SMILES string of the molecule is COc1c(C)cnc(CC(C)(C(=O)O)C(C)C)c1C. The fourth-order valence-corrected chi connectivity index (χ4v) is 2.12. The molecule has 1 aromatic rings. The molecular weight excluding hydrogens is 242 g/mol. The van der Waals surface area contributed by atoms with Crippen molar-refractivity contribution in [2.75, 3.05) is 7.11 Å². The molecule has 0 radical (unpaired) electrons. The van der Waals surface area contributed by atoms with Crippen LogP contribution in [0.25, 0.3) is 0 Å². The Kier molecular flexibility index (Phi) is 4.56. The number of hydrogen-bond donors (Lipinski definition) is 1. The number of rotatable bonds is 5. The first kappa shape index (κ1) is 15.5. The van der Waals surface area contributed by atoms with Crippen molar-refractivity contribution in [2.24, 2.45) is 11.3 Å². The lowest BCUT2D eigenvalue weighted by Crippen LogP contribution is -2.36. The van der Waals surface area contributed by atoms with Gasteiger partial charge in [-0.3, -0.25) is 9.78 Å². The molecule has 1 atom stereocenters. The molecule has 0 spiro atoms. The van der Waals surface area contributed by atoms with Crippen molar-refractivity contribution in [3.8, 4) is 5.75 Å². The molecule has 0 aliphatic heterocycles. The van der Waals surface area contributed by atoms with Crippen LogP contribution >= 0.6 is 0 Å². The lowest BCUT2D eigenvalue weighted by atomic mass is 9.75. The van der Waals surface area contributed by atoms with E-state index >= 15 is 0 Å². The van der Waals surface area contributed by atoms with Gasteiger partial charge >= 0.3 is 5.97 Å². The molecule has 1 N–H and O–H groups in total. The van der Waals surface area contributed by atoms with Crippen molar-refractivity contribution in [1.82, 2.24) is 4.98 Å². The second kappa shape index (κ2) is 5.59. The van der Waals surface area contributed by atoms with E-state index in [2.05, 4.69) is 4.98 Å². The molecule has 1 heterocycles.